The Bertz CT molecular complexity index is 150. The maximum Gasteiger partial charge on any atom is 0.152 e. The van der Waals surface area contributed by atoms with Crippen molar-refractivity contribution in [3.63, 3.8) is 0 Å². The van der Waals surface area contributed by atoms with Crippen LogP contribution in [0.3, 0.4) is 0 Å². The summed E-state index contributed by atoms with van der Waals surface area (Å²) in [5.41, 5.74) is 0. The molecule has 0 unspecified atom stereocenters. The summed E-state index contributed by atoms with van der Waals surface area (Å²) in [5.74, 6) is 0.625. The van der Waals surface area contributed by atoms with E-state index in [1.54, 1.807) is 0 Å². The Balaban J connectivity index is 0.000000640. The largest absolute Gasteiger partial charge is 0.315 e. The SMILES string of the molecule is C.O=S1(=O)CCNCC1. The number of rotatable bonds is 0. The molecule has 1 aliphatic heterocycles. The number of hydrogen-bond donors (Lipinski definition) is 1. The van der Waals surface area contributed by atoms with Crippen LogP contribution in [0.15, 0.2) is 0 Å². The summed E-state index contributed by atoms with van der Waals surface area (Å²) in [7, 11) is -2.65. The van der Waals surface area contributed by atoms with Gasteiger partial charge in [-0.05, 0) is 0 Å². The molecule has 1 saturated heterocycles. The molecular formula is C5H13NO2S. The van der Waals surface area contributed by atoms with Gasteiger partial charge >= 0.3 is 0 Å². The molecule has 3 nitrogen and oxygen atoms in total. The predicted octanol–water partition coefficient (Wildman–Crippen LogP) is -0.360. The molecule has 0 amide bonds. The van der Waals surface area contributed by atoms with Crippen LogP contribution in [0.2, 0.25) is 0 Å². The van der Waals surface area contributed by atoms with Crippen molar-refractivity contribution in [1.29, 1.82) is 0 Å². The van der Waals surface area contributed by atoms with Crippen molar-refractivity contribution < 1.29 is 8.42 Å². The summed E-state index contributed by atoms with van der Waals surface area (Å²) in [4.78, 5) is 0. The van der Waals surface area contributed by atoms with E-state index in [0.29, 0.717) is 24.6 Å². The van der Waals surface area contributed by atoms with Gasteiger partial charge in [0.15, 0.2) is 9.84 Å². The first kappa shape index (κ1) is 8.91. The van der Waals surface area contributed by atoms with Crippen LogP contribution in [-0.4, -0.2) is 33.0 Å². The van der Waals surface area contributed by atoms with Crippen LogP contribution in [0, 0.1) is 0 Å². The third kappa shape index (κ3) is 2.81. The van der Waals surface area contributed by atoms with Crippen LogP contribution in [0.1, 0.15) is 7.43 Å². The fourth-order valence-electron chi connectivity index (χ4n) is 0.682. The van der Waals surface area contributed by atoms with Gasteiger partial charge < -0.3 is 5.32 Å². The van der Waals surface area contributed by atoms with Gasteiger partial charge in [0.1, 0.15) is 0 Å². The van der Waals surface area contributed by atoms with Crippen LogP contribution < -0.4 is 5.32 Å². The van der Waals surface area contributed by atoms with Crippen LogP contribution in [-0.2, 0) is 9.84 Å². The summed E-state index contributed by atoms with van der Waals surface area (Å²) in [5, 5.41) is 2.96. The molecule has 4 heteroatoms. The highest BCUT2D eigenvalue weighted by molar-refractivity contribution is 7.91. The second kappa shape index (κ2) is 3.17. The molecule has 1 rings (SSSR count). The lowest BCUT2D eigenvalue weighted by Crippen LogP contribution is -2.35. The maximum atomic E-state index is 10.6. The van der Waals surface area contributed by atoms with Crippen molar-refractivity contribution in [3.8, 4) is 0 Å². The highest BCUT2D eigenvalue weighted by Gasteiger charge is 2.13. The lowest BCUT2D eigenvalue weighted by atomic mass is 10.6. The topological polar surface area (TPSA) is 46.2 Å². The van der Waals surface area contributed by atoms with E-state index in [-0.39, 0.29) is 7.43 Å². The third-order valence-electron chi connectivity index (χ3n) is 1.18. The predicted molar refractivity (Wildman–Crippen MR) is 38.3 cm³/mol. The van der Waals surface area contributed by atoms with E-state index in [1.807, 2.05) is 0 Å². The summed E-state index contributed by atoms with van der Waals surface area (Å²) in [6.45, 7) is 1.25. The first-order chi connectivity index (χ1) is 3.71. The van der Waals surface area contributed by atoms with Crippen LogP contribution in [0.4, 0.5) is 0 Å². The molecule has 0 aromatic rings. The molecule has 56 valence electrons. The standard InChI is InChI=1S/C4H9NO2S.CH4/c6-8(7)3-1-5-2-4-8;/h5H,1-4H2;1H4. The van der Waals surface area contributed by atoms with E-state index >= 15 is 0 Å². The quantitative estimate of drug-likeness (QED) is 0.514. The van der Waals surface area contributed by atoms with Crippen molar-refractivity contribution in [3.05, 3.63) is 0 Å². The Morgan fingerprint density at radius 3 is 1.78 bits per heavy atom. The molecule has 0 spiro atoms. The van der Waals surface area contributed by atoms with Gasteiger partial charge in [-0.15, -0.1) is 0 Å². The van der Waals surface area contributed by atoms with Crippen molar-refractivity contribution in [1.82, 2.24) is 5.32 Å². The zero-order chi connectivity index (χ0) is 6.04. The molecular weight excluding hydrogens is 138 g/mol. The molecule has 0 radical (unpaired) electrons. The molecule has 0 aliphatic carbocycles. The minimum absolute atomic E-state index is 0. The van der Waals surface area contributed by atoms with Gasteiger partial charge in [-0.25, -0.2) is 8.42 Å². The van der Waals surface area contributed by atoms with Crippen molar-refractivity contribution in [2.24, 2.45) is 0 Å². The van der Waals surface area contributed by atoms with Gasteiger partial charge in [-0.1, -0.05) is 7.43 Å². The zero-order valence-corrected chi connectivity index (χ0v) is 5.37. The molecule has 1 N–H and O–H groups in total. The lowest BCUT2D eigenvalue weighted by Gasteiger charge is -2.10. The van der Waals surface area contributed by atoms with E-state index in [1.165, 1.54) is 0 Å². The zero-order valence-electron chi connectivity index (χ0n) is 4.55. The van der Waals surface area contributed by atoms with Gasteiger partial charge in [-0.2, -0.15) is 0 Å². The molecule has 1 aliphatic rings. The summed E-state index contributed by atoms with van der Waals surface area (Å²) >= 11 is 0. The fourth-order valence-corrected chi connectivity index (χ4v) is 1.80. The van der Waals surface area contributed by atoms with Crippen molar-refractivity contribution in [2.45, 2.75) is 7.43 Å². The van der Waals surface area contributed by atoms with Gasteiger partial charge in [-0.3, -0.25) is 0 Å². The number of hydrogen-bond acceptors (Lipinski definition) is 3. The van der Waals surface area contributed by atoms with Gasteiger partial charge in [0.05, 0.1) is 11.5 Å². The molecule has 0 aromatic carbocycles. The monoisotopic (exact) mass is 151 g/mol. The summed E-state index contributed by atoms with van der Waals surface area (Å²) in [6, 6.07) is 0. The Hall–Kier alpha value is -0.0900. The number of sulfone groups is 1. The highest BCUT2D eigenvalue weighted by atomic mass is 32.2. The van der Waals surface area contributed by atoms with Crippen molar-refractivity contribution >= 4 is 9.84 Å². The Kier molecular flexibility index (Phi) is 3.14. The lowest BCUT2D eigenvalue weighted by molar-refractivity contribution is 0.577. The minimum Gasteiger partial charge on any atom is -0.315 e. The Morgan fingerprint density at radius 1 is 1.11 bits per heavy atom. The van der Waals surface area contributed by atoms with E-state index < -0.39 is 9.84 Å². The van der Waals surface area contributed by atoms with Crippen LogP contribution >= 0.6 is 0 Å². The first-order valence-corrected chi connectivity index (χ1v) is 4.44. The van der Waals surface area contributed by atoms with E-state index in [9.17, 15) is 8.42 Å². The molecule has 9 heavy (non-hydrogen) atoms. The Morgan fingerprint density at radius 2 is 1.56 bits per heavy atom. The van der Waals surface area contributed by atoms with Gasteiger partial charge in [0.25, 0.3) is 0 Å². The van der Waals surface area contributed by atoms with E-state index in [2.05, 4.69) is 5.32 Å². The highest BCUT2D eigenvalue weighted by Crippen LogP contribution is 1.91. The summed E-state index contributed by atoms with van der Waals surface area (Å²) in [6.07, 6.45) is 0. The van der Waals surface area contributed by atoms with Gasteiger partial charge in [0.2, 0.25) is 0 Å². The maximum absolute atomic E-state index is 10.6. The average Bonchev–Trinajstić information content (AvgIpc) is 1.65. The molecule has 0 saturated carbocycles. The summed E-state index contributed by atoms with van der Waals surface area (Å²) < 4.78 is 21.2. The normalized spacial score (nSPS) is 24.4. The average molecular weight is 151 g/mol. The van der Waals surface area contributed by atoms with Crippen LogP contribution in [0.25, 0.3) is 0 Å². The van der Waals surface area contributed by atoms with E-state index in [0.717, 1.165) is 0 Å². The second-order valence-electron chi connectivity index (χ2n) is 1.90. The smallest absolute Gasteiger partial charge is 0.152 e. The second-order valence-corrected chi connectivity index (χ2v) is 4.21. The first-order valence-electron chi connectivity index (χ1n) is 2.62. The van der Waals surface area contributed by atoms with Crippen LogP contribution in [0.5, 0.6) is 0 Å². The molecule has 1 heterocycles. The Labute approximate surface area is 56.4 Å². The van der Waals surface area contributed by atoms with Gasteiger partial charge in [0, 0.05) is 13.1 Å². The molecule has 1 fully saturated rings. The molecule has 0 bridgehead atoms. The molecule has 0 atom stereocenters. The molecule has 0 aromatic heterocycles. The van der Waals surface area contributed by atoms with Crippen molar-refractivity contribution in [2.75, 3.05) is 24.6 Å². The van der Waals surface area contributed by atoms with E-state index in [4.69, 9.17) is 0 Å². The number of nitrogens with one attached hydrogen (secondary N) is 1. The fraction of sp³-hybridized carbons (Fsp3) is 1.00. The third-order valence-corrected chi connectivity index (χ3v) is 2.83. The minimum atomic E-state index is -2.65.